The summed E-state index contributed by atoms with van der Waals surface area (Å²) in [5.74, 6) is 0.0690. The second kappa shape index (κ2) is 26.8. The molecule has 0 bridgehead atoms. The minimum absolute atomic E-state index is 0.0184. The second-order valence-corrected chi connectivity index (χ2v) is 10.2. The van der Waals surface area contributed by atoms with Crippen LogP contribution in [0.3, 0.4) is 0 Å². The van der Waals surface area contributed by atoms with Crippen LogP contribution in [0.4, 0.5) is 0 Å². The van der Waals surface area contributed by atoms with Crippen LogP contribution in [0.1, 0.15) is 95.7 Å². The largest absolute Gasteiger partial charge is 0.400 e. The van der Waals surface area contributed by atoms with Crippen molar-refractivity contribution in [2.45, 2.75) is 92.7 Å². The number of aromatic nitrogens is 2. The Bertz CT molecular complexity index is 1450. The molecule has 252 valence electrons. The molecule has 3 aromatic carbocycles. The van der Waals surface area contributed by atoms with Crippen molar-refractivity contribution >= 4 is 39.7 Å². The van der Waals surface area contributed by atoms with Crippen LogP contribution in [0.15, 0.2) is 83.9 Å². The van der Waals surface area contributed by atoms with Gasteiger partial charge in [-0.05, 0) is 78.9 Å². The van der Waals surface area contributed by atoms with Crippen molar-refractivity contribution in [1.82, 2.24) is 15.3 Å². The van der Waals surface area contributed by atoms with Gasteiger partial charge >= 0.3 is 0 Å². The van der Waals surface area contributed by atoms with Crippen LogP contribution in [-0.4, -0.2) is 40.6 Å². The Morgan fingerprint density at radius 3 is 2.22 bits per heavy atom. The molecule has 0 amide bonds. The van der Waals surface area contributed by atoms with Crippen molar-refractivity contribution in [3.63, 3.8) is 0 Å². The van der Waals surface area contributed by atoms with Crippen molar-refractivity contribution < 1.29 is 15.0 Å². The van der Waals surface area contributed by atoms with Gasteiger partial charge in [-0.25, -0.2) is 9.97 Å². The highest BCUT2D eigenvalue weighted by Gasteiger charge is 2.14. The topological polar surface area (TPSA) is 95.3 Å². The third-order valence-electron chi connectivity index (χ3n) is 6.57. The lowest BCUT2D eigenvalue weighted by atomic mass is 10.0. The van der Waals surface area contributed by atoms with Gasteiger partial charge in [0.2, 0.25) is 0 Å². The fourth-order valence-electron chi connectivity index (χ4n) is 4.46. The Morgan fingerprint density at radius 1 is 0.913 bits per heavy atom. The van der Waals surface area contributed by atoms with Gasteiger partial charge in [0.1, 0.15) is 6.29 Å². The first-order valence-electron chi connectivity index (χ1n) is 16.4. The zero-order valence-corrected chi connectivity index (χ0v) is 29.9. The molecule has 3 N–H and O–H groups in total. The Balaban J connectivity index is 0.000000885. The number of hydrogen-bond donors (Lipinski definition) is 3. The molecule has 0 saturated carbocycles. The summed E-state index contributed by atoms with van der Waals surface area (Å²) in [6.45, 7) is 13.0. The van der Waals surface area contributed by atoms with Gasteiger partial charge in [0.15, 0.2) is 0 Å². The lowest BCUT2D eigenvalue weighted by Crippen LogP contribution is -2.06. The monoisotopic (exact) mass is 649 g/mol. The molecule has 0 fully saturated rings. The van der Waals surface area contributed by atoms with Crippen LogP contribution < -0.4 is 5.32 Å². The first-order chi connectivity index (χ1) is 22.5. The van der Waals surface area contributed by atoms with E-state index in [-0.39, 0.29) is 12.5 Å². The zero-order valence-electron chi connectivity index (χ0n) is 29.2. The summed E-state index contributed by atoms with van der Waals surface area (Å²) in [4.78, 5) is 20.2. The van der Waals surface area contributed by atoms with E-state index < -0.39 is 0 Å². The molecule has 0 aliphatic rings. The number of rotatable bonds is 12. The summed E-state index contributed by atoms with van der Waals surface area (Å²) in [7, 11) is 2.97. The average molecular weight is 650 g/mol. The van der Waals surface area contributed by atoms with Crippen LogP contribution in [0.25, 0.3) is 21.8 Å². The molecule has 0 radical (unpaired) electrons. The maximum atomic E-state index is 10.6. The molecular weight excluding hydrogens is 594 g/mol. The first kappa shape index (κ1) is 42.6. The third-order valence-corrected chi connectivity index (χ3v) is 6.85. The van der Waals surface area contributed by atoms with Gasteiger partial charge in [-0.1, -0.05) is 108 Å². The van der Waals surface area contributed by atoms with Gasteiger partial charge in [0.25, 0.3) is 0 Å². The highest BCUT2D eigenvalue weighted by molar-refractivity contribution is 6.31. The van der Waals surface area contributed by atoms with E-state index in [9.17, 15) is 9.90 Å². The highest BCUT2D eigenvalue weighted by Crippen LogP contribution is 2.24. The third kappa shape index (κ3) is 15.2. The second-order valence-electron chi connectivity index (χ2n) is 9.81. The number of hydrogen-bond acceptors (Lipinski definition) is 6. The van der Waals surface area contributed by atoms with E-state index >= 15 is 0 Å². The van der Waals surface area contributed by atoms with Crippen molar-refractivity contribution in [3.8, 4) is 0 Å². The van der Waals surface area contributed by atoms with Gasteiger partial charge in [-0.3, -0.25) is 0 Å². The van der Waals surface area contributed by atoms with Gasteiger partial charge in [-0.2, -0.15) is 0 Å². The summed E-state index contributed by atoms with van der Waals surface area (Å²) in [5, 5.41) is 22.9. The normalized spacial score (nSPS) is 11.2. The summed E-state index contributed by atoms with van der Waals surface area (Å²) >= 11 is 6.18. The van der Waals surface area contributed by atoms with E-state index in [1.165, 1.54) is 16.3 Å². The number of carbonyl (C=O) groups excluding carboxylic acids is 1. The zero-order chi connectivity index (χ0) is 34.7. The van der Waals surface area contributed by atoms with Crippen LogP contribution in [0.5, 0.6) is 0 Å². The number of aliphatic hydroxyl groups is 2. The van der Waals surface area contributed by atoms with Gasteiger partial charge in [0.05, 0.1) is 29.0 Å². The molecule has 1 atom stereocenters. The molecule has 1 aromatic heterocycles. The molecule has 1 unspecified atom stereocenters. The lowest BCUT2D eigenvalue weighted by Gasteiger charge is -2.14. The molecule has 7 heteroatoms. The van der Waals surface area contributed by atoms with Crippen molar-refractivity contribution in [2.75, 3.05) is 14.2 Å². The molecule has 1 heterocycles. The minimum Gasteiger partial charge on any atom is -0.400 e. The number of aliphatic hydroxyl groups excluding tert-OH is 2. The van der Waals surface area contributed by atoms with Crippen LogP contribution in [0.2, 0.25) is 0 Å². The smallest absolute Gasteiger partial charge is 0.119 e. The summed E-state index contributed by atoms with van der Waals surface area (Å²) in [6, 6.07) is 20.6. The molecule has 0 saturated heterocycles. The highest BCUT2D eigenvalue weighted by atomic mass is 35.5. The van der Waals surface area contributed by atoms with Crippen molar-refractivity contribution in [2.24, 2.45) is 0 Å². The van der Waals surface area contributed by atoms with Gasteiger partial charge in [0, 0.05) is 31.0 Å². The number of carbonyl (C=O) groups is 1. The maximum absolute atomic E-state index is 10.6. The number of aldehydes is 1. The Hall–Kier alpha value is -3.42. The van der Waals surface area contributed by atoms with E-state index in [1.807, 2.05) is 78.1 Å². The molecule has 4 aromatic rings. The SMILES string of the molecule is CC.CC.CC/C=C(Cl)\C=C/C(C)c1nc2ccc(CO)cc2nc1CCCCC=O.CNCc1ccc2ccccc2c1.CO. The summed E-state index contributed by atoms with van der Waals surface area (Å²) in [6.07, 6.45) is 10.8. The van der Waals surface area contributed by atoms with E-state index in [0.717, 1.165) is 78.6 Å². The maximum Gasteiger partial charge on any atom is 0.119 e. The number of nitrogens with zero attached hydrogens (tertiary/aromatic N) is 2. The average Bonchev–Trinajstić information content (AvgIpc) is 3.11. The summed E-state index contributed by atoms with van der Waals surface area (Å²) in [5.41, 5.74) is 5.63. The predicted octanol–water partition coefficient (Wildman–Crippen LogP) is 9.45. The number of aryl methyl sites for hydroxylation is 1. The number of fused-ring (bicyclic) bond motifs is 2. The molecule has 0 spiro atoms. The van der Waals surface area contributed by atoms with Gasteiger partial charge < -0.3 is 20.3 Å². The van der Waals surface area contributed by atoms with E-state index in [0.29, 0.717) is 6.42 Å². The number of nitrogens with one attached hydrogen (secondary N) is 1. The van der Waals surface area contributed by atoms with E-state index in [1.54, 1.807) is 0 Å². The van der Waals surface area contributed by atoms with Crippen molar-refractivity contribution in [3.05, 3.63) is 106 Å². The minimum atomic E-state index is -0.0184. The number of allylic oxidation sites excluding steroid dienone is 4. The summed E-state index contributed by atoms with van der Waals surface area (Å²) < 4.78 is 0. The van der Waals surface area contributed by atoms with E-state index in [2.05, 4.69) is 54.7 Å². The number of benzene rings is 3. The lowest BCUT2D eigenvalue weighted by molar-refractivity contribution is -0.107. The number of halogens is 1. The molecule has 46 heavy (non-hydrogen) atoms. The van der Waals surface area contributed by atoms with Gasteiger partial charge in [-0.15, -0.1) is 0 Å². The molecule has 6 nitrogen and oxygen atoms in total. The van der Waals surface area contributed by atoms with Crippen LogP contribution >= 0.6 is 11.6 Å². The fraction of sp³-hybridized carbons (Fsp3) is 0.410. The number of unbranched alkanes of at least 4 members (excludes halogenated alkanes) is 2. The van der Waals surface area contributed by atoms with Crippen LogP contribution in [-0.2, 0) is 24.4 Å². The molecule has 0 aliphatic heterocycles. The van der Waals surface area contributed by atoms with Crippen LogP contribution in [0, 0.1) is 0 Å². The molecule has 4 rings (SSSR count). The molecular formula is C39H56ClN3O3. The Morgan fingerprint density at radius 2 is 1.59 bits per heavy atom. The molecule has 0 aliphatic carbocycles. The van der Waals surface area contributed by atoms with Crippen molar-refractivity contribution in [1.29, 1.82) is 0 Å². The first-order valence-corrected chi connectivity index (χ1v) is 16.8. The predicted molar refractivity (Wildman–Crippen MR) is 198 cm³/mol. The fourth-order valence-corrected chi connectivity index (χ4v) is 4.69. The Kier molecular flexibility index (Phi) is 24.8. The Labute approximate surface area is 282 Å². The quantitative estimate of drug-likeness (QED) is 0.0804. The standard InChI is InChI=1S/C22H27ClN2O2.C12H13N.2C2H6.CH4O/c1-3-7-18(23)11-9-16(2)22-20(8-5-4-6-13-26)24-21-14-17(15-27)10-12-19(21)25-22;1-13-9-10-6-7-11-4-2-3-5-12(11)8-10;3*1-2/h7,9-14,16,27H,3-6,8,15H2,1-2H3;2-8,13H,9H2,1H3;2*1-2H3;2H,1H3/b11-9-,18-7+;;;;. The van der Waals surface area contributed by atoms with E-state index in [4.69, 9.17) is 26.7 Å².